The average molecular weight is 384 g/mol. The van der Waals surface area contributed by atoms with Gasteiger partial charge in [-0.2, -0.15) is 0 Å². The number of carbonyl (C=O) groups is 1. The molecule has 2 aromatic heterocycles. The van der Waals surface area contributed by atoms with Gasteiger partial charge in [-0.05, 0) is 31.5 Å². The molecule has 3 rings (SSSR count). The smallest absolute Gasteiger partial charge is 0.263 e. The summed E-state index contributed by atoms with van der Waals surface area (Å²) in [6, 6.07) is 5.74. The molecule has 0 atom stereocenters. The van der Waals surface area contributed by atoms with Crippen molar-refractivity contribution in [2.45, 2.75) is 20.4 Å². The standard InChI is InChI=1S/C17H15F2N3OS.ClH/c1-8-6-9(2)22-17-12(8)14(20)15(24-17)16(23)21-7-10-4-3-5-11(18)13(10)19;/h3-6H,7,20H2,1-2H3,(H,21,23);1H. The topological polar surface area (TPSA) is 68.0 Å². The van der Waals surface area contributed by atoms with Crippen molar-refractivity contribution in [3.63, 3.8) is 0 Å². The van der Waals surface area contributed by atoms with Gasteiger partial charge in [0.25, 0.3) is 5.91 Å². The molecule has 0 unspecified atom stereocenters. The fourth-order valence-corrected chi connectivity index (χ4v) is 3.71. The number of benzene rings is 1. The third-order valence-corrected chi connectivity index (χ3v) is 4.80. The van der Waals surface area contributed by atoms with Gasteiger partial charge in [-0.25, -0.2) is 13.8 Å². The number of rotatable bonds is 3. The second kappa shape index (κ2) is 7.33. The molecule has 0 aliphatic rings. The van der Waals surface area contributed by atoms with E-state index in [0.717, 1.165) is 22.7 Å². The Kier molecular flexibility index (Phi) is 5.59. The van der Waals surface area contributed by atoms with E-state index in [2.05, 4.69) is 10.3 Å². The summed E-state index contributed by atoms with van der Waals surface area (Å²) in [7, 11) is 0. The van der Waals surface area contributed by atoms with Gasteiger partial charge in [-0.15, -0.1) is 23.7 Å². The molecule has 0 aliphatic carbocycles. The molecule has 0 fully saturated rings. The molecule has 0 spiro atoms. The average Bonchev–Trinajstić information content (AvgIpc) is 2.85. The summed E-state index contributed by atoms with van der Waals surface area (Å²) >= 11 is 1.19. The number of pyridine rings is 1. The van der Waals surface area contributed by atoms with Gasteiger partial charge in [0, 0.05) is 23.2 Å². The molecule has 0 saturated carbocycles. The minimum atomic E-state index is -0.963. The monoisotopic (exact) mass is 383 g/mol. The molecule has 2 heterocycles. The zero-order valence-corrected chi connectivity index (χ0v) is 15.2. The van der Waals surface area contributed by atoms with Crippen molar-refractivity contribution in [2.24, 2.45) is 0 Å². The van der Waals surface area contributed by atoms with Crippen LogP contribution in [0.3, 0.4) is 0 Å². The maximum atomic E-state index is 13.6. The normalized spacial score (nSPS) is 10.6. The van der Waals surface area contributed by atoms with Crippen molar-refractivity contribution in [3.8, 4) is 0 Å². The van der Waals surface area contributed by atoms with E-state index in [4.69, 9.17) is 5.73 Å². The molecule has 1 amide bonds. The van der Waals surface area contributed by atoms with Gasteiger partial charge in [-0.1, -0.05) is 12.1 Å². The first-order valence-corrected chi connectivity index (χ1v) is 8.07. The highest BCUT2D eigenvalue weighted by molar-refractivity contribution is 7.21. The molecular weight excluding hydrogens is 368 g/mol. The van der Waals surface area contributed by atoms with Crippen LogP contribution in [0.1, 0.15) is 26.5 Å². The zero-order valence-electron chi connectivity index (χ0n) is 13.5. The van der Waals surface area contributed by atoms with Gasteiger partial charge in [-0.3, -0.25) is 4.79 Å². The lowest BCUT2D eigenvalue weighted by Crippen LogP contribution is -2.23. The number of nitrogen functional groups attached to an aromatic ring is 1. The first-order chi connectivity index (χ1) is 11.4. The molecule has 3 aromatic rings. The van der Waals surface area contributed by atoms with Crippen LogP contribution >= 0.6 is 23.7 Å². The number of thiophene rings is 1. The molecular formula is C17H16ClF2N3OS. The molecule has 0 bridgehead atoms. The number of carbonyl (C=O) groups excluding carboxylic acids is 1. The van der Waals surface area contributed by atoms with Crippen LogP contribution in [0.15, 0.2) is 24.3 Å². The highest BCUT2D eigenvalue weighted by atomic mass is 35.5. The number of nitrogens with zero attached hydrogens (tertiary/aromatic N) is 1. The van der Waals surface area contributed by atoms with Crippen LogP contribution in [-0.4, -0.2) is 10.9 Å². The lowest BCUT2D eigenvalue weighted by molar-refractivity contribution is 0.0955. The second-order valence-corrected chi connectivity index (χ2v) is 6.50. The van der Waals surface area contributed by atoms with E-state index in [1.54, 1.807) is 0 Å². The molecule has 1 aromatic carbocycles. The number of anilines is 1. The van der Waals surface area contributed by atoms with Crippen molar-refractivity contribution in [2.75, 3.05) is 5.73 Å². The lowest BCUT2D eigenvalue weighted by Gasteiger charge is -2.06. The predicted molar refractivity (Wildman–Crippen MR) is 98.3 cm³/mol. The fraction of sp³-hybridized carbons (Fsp3) is 0.176. The summed E-state index contributed by atoms with van der Waals surface area (Å²) in [6.45, 7) is 3.65. The van der Waals surface area contributed by atoms with Crippen molar-refractivity contribution >= 4 is 45.6 Å². The molecule has 8 heteroatoms. The van der Waals surface area contributed by atoms with Crippen LogP contribution < -0.4 is 11.1 Å². The van der Waals surface area contributed by atoms with Gasteiger partial charge in [0.05, 0.1) is 5.69 Å². The first kappa shape index (κ1) is 19.1. The van der Waals surface area contributed by atoms with E-state index in [1.807, 2.05) is 19.9 Å². The van der Waals surface area contributed by atoms with Crippen LogP contribution in [0, 0.1) is 25.5 Å². The first-order valence-electron chi connectivity index (χ1n) is 7.25. The van der Waals surface area contributed by atoms with Crippen LogP contribution in [0.5, 0.6) is 0 Å². The van der Waals surface area contributed by atoms with Crippen LogP contribution in [0.25, 0.3) is 10.2 Å². The summed E-state index contributed by atoms with van der Waals surface area (Å²) < 4.78 is 26.8. The molecule has 25 heavy (non-hydrogen) atoms. The van der Waals surface area contributed by atoms with Crippen molar-refractivity contribution < 1.29 is 13.6 Å². The Morgan fingerprint density at radius 3 is 2.76 bits per heavy atom. The Morgan fingerprint density at radius 1 is 1.32 bits per heavy atom. The van der Waals surface area contributed by atoms with E-state index < -0.39 is 17.5 Å². The fourth-order valence-electron chi connectivity index (χ4n) is 2.58. The molecule has 132 valence electrons. The van der Waals surface area contributed by atoms with Crippen molar-refractivity contribution in [3.05, 3.63) is 57.6 Å². The van der Waals surface area contributed by atoms with Gasteiger partial charge >= 0.3 is 0 Å². The van der Waals surface area contributed by atoms with Crippen LogP contribution in [0.2, 0.25) is 0 Å². The molecule has 3 N–H and O–H groups in total. The van der Waals surface area contributed by atoms with Gasteiger partial charge in [0.1, 0.15) is 9.71 Å². The lowest BCUT2D eigenvalue weighted by atomic mass is 10.1. The number of fused-ring (bicyclic) bond motifs is 1. The second-order valence-electron chi connectivity index (χ2n) is 5.50. The minimum absolute atomic E-state index is 0. The number of halogens is 3. The van der Waals surface area contributed by atoms with Gasteiger partial charge in [0.15, 0.2) is 11.6 Å². The Labute approximate surface area is 153 Å². The Morgan fingerprint density at radius 2 is 2.04 bits per heavy atom. The maximum absolute atomic E-state index is 13.6. The van der Waals surface area contributed by atoms with E-state index in [0.29, 0.717) is 15.4 Å². The van der Waals surface area contributed by atoms with Crippen molar-refractivity contribution in [1.82, 2.24) is 10.3 Å². The van der Waals surface area contributed by atoms with Gasteiger partial charge < -0.3 is 11.1 Å². The number of nitrogens with two attached hydrogens (primary N) is 1. The summed E-state index contributed by atoms with van der Waals surface area (Å²) in [6.07, 6.45) is 0. The van der Waals surface area contributed by atoms with E-state index in [-0.39, 0.29) is 24.5 Å². The molecule has 0 radical (unpaired) electrons. The molecule has 0 aliphatic heterocycles. The van der Waals surface area contributed by atoms with Crippen LogP contribution in [-0.2, 0) is 6.54 Å². The summed E-state index contributed by atoms with van der Waals surface area (Å²) in [4.78, 5) is 17.8. The number of aryl methyl sites for hydroxylation is 2. The summed E-state index contributed by atoms with van der Waals surface area (Å²) in [5, 5.41) is 3.33. The summed E-state index contributed by atoms with van der Waals surface area (Å²) in [5.74, 6) is -2.34. The number of hydrogen-bond acceptors (Lipinski definition) is 4. The highest BCUT2D eigenvalue weighted by Gasteiger charge is 2.19. The highest BCUT2D eigenvalue weighted by Crippen LogP contribution is 2.34. The number of hydrogen-bond donors (Lipinski definition) is 2. The SMILES string of the molecule is Cc1cc(C)c2c(N)c(C(=O)NCc3cccc(F)c3F)sc2n1.Cl. The van der Waals surface area contributed by atoms with E-state index in [1.165, 1.54) is 23.5 Å². The number of amides is 1. The minimum Gasteiger partial charge on any atom is -0.397 e. The van der Waals surface area contributed by atoms with E-state index >= 15 is 0 Å². The van der Waals surface area contributed by atoms with E-state index in [9.17, 15) is 13.6 Å². The largest absolute Gasteiger partial charge is 0.397 e. The Bertz CT molecular complexity index is 959. The number of nitrogens with one attached hydrogen (secondary N) is 1. The molecule has 4 nitrogen and oxygen atoms in total. The third kappa shape index (κ3) is 3.57. The van der Waals surface area contributed by atoms with Gasteiger partial charge in [0.2, 0.25) is 0 Å². The quantitative estimate of drug-likeness (QED) is 0.714. The van der Waals surface area contributed by atoms with Crippen molar-refractivity contribution in [1.29, 1.82) is 0 Å². The summed E-state index contributed by atoms with van der Waals surface area (Å²) in [5.41, 5.74) is 8.31. The Balaban J connectivity index is 0.00000225. The Hall–Kier alpha value is -2.25. The maximum Gasteiger partial charge on any atom is 0.263 e. The molecule has 0 saturated heterocycles. The number of aromatic nitrogens is 1. The van der Waals surface area contributed by atoms with Crippen LogP contribution in [0.4, 0.5) is 14.5 Å². The predicted octanol–water partition coefficient (Wildman–Crippen LogP) is 4.13. The third-order valence-electron chi connectivity index (χ3n) is 3.70. The zero-order chi connectivity index (χ0) is 17.4.